The van der Waals surface area contributed by atoms with Crippen LogP contribution in [0.4, 0.5) is 0 Å². The molecule has 0 bridgehead atoms. The van der Waals surface area contributed by atoms with Crippen molar-refractivity contribution in [2.45, 2.75) is 44.8 Å². The lowest BCUT2D eigenvalue weighted by Crippen LogP contribution is -2.26. The van der Waals surface area contributed by atoms with Crippen LogP contribution in [0.3, 0.4) is 0 Å². The molecule has 0 aliphatic carbocycles. The van der Waals surface area contributed by atoms with Crippen LogP contribution in [0.15, 0.2) is 12.4 Å². The quantitative estimate of drug-likeness (QED) is 0.735. The summed E-state index contributed by atoms with van der Waals surface area (Å²) in [6.45, 7) is 2.00. The van der Waals surface area contributed by atoms with Gasteiger partial charge in [-0.2, -0.15) is 5.10 Å². The van der Waals surface area contributed by atoms with Crippen molar-refractivity contribution < 1.29 is 10.2 Å². The molecule has 1 aromatic rings. The van der Waals surface area contributed by atoms with Crippen LogP contribution >= 0.6 is 0 Å². The normalized spacial score (nSPS) is 15.2. The summed E-state index contributed by atoms with van der Waals surface area (Å²) in [5.41, 5.74) is 1.10. The molecular weight excluding hydrogens is 192 g/mol. The molecule has 0 saturated heterocycles. The molecule has 15 heavy (non-hydrogen) atoms. The summed E-state index contributed by atoms with van der Waals surface area (Å²) in [6.07, 6.45) is 5.41. The average molecular weight is 212 g/mol. The first-order chi connectivity index (χ1) is 7.13. The lowest BCUT2D eigenvalue weighted by Gasteiger charge is -2.16. The Labute approximate surface area is 90.5 Å². The Morgan fingerprint density at radius 2 is 2.00 bits per heavy atom. The van der Waals surface area contributed by atoms with E-state index in [0.717, 1.165) is 18.4 Å². The maximum absolute atomic E-state index is 9.64. The predicted molar refractivity (Wildman–Crippen MR) is 58.5 cm³/mol. The number of aliphatic hydroxyl groups is 2. The predicted octanol–water partition coefficient (Wildman–Crippen LogP) is 0.875. The first-order valence-corrected chi connectivity index (χ1v) is 5.47. The highest BCUT2D eigenvalue weighted by molar-refractivity contribution is 5.03. The largest absolute Gasteiger partial charge is 0.390 e. The number of aryl methyl sites for hydroxylation is 2. The molecule has 0 aliphatic rings. The zero-order valence-corrected chi connectivity index (χ0v) is 9.43. The maximum Gasteiger partial charge on any atom is 0.0802 e. The summed E-state index contributed by atoms with van der Waals surface area (Å²) >= 11 is 0. The molecule has 2 unspecified atom stereocenters. The Hall–Kier alpha value is -0.870. The van der Waals surface area contributed by atoms with Crippen molar-refractivity contribution in [3.63, 3.8) is 0 Å². The standard InChI is InChI=1S/C11H20N2O2/c1-3-4-10(14)11(15)6-5-9-7-12-13(2)8-9/h7-8,10-11,14-15H,3-6H2,1-2H3. The number of hydrogen-bond donors (Lipinski definition) is 2. The van der Waals surface area contributed by atoms with E-state index >= 15 is 0 Å². The van der Waals surface area contributed by atoms with Gasteiger partial charge >= 0.3 is 0 Å². The highest BCUT2D eigenvalue weighted by Gasteiger charge is 2.14. The van der Waals surface area contributed by atoms with E-state index in [4.69, 9.17) is 0 Å². The fraction of sp³-hybridized carbons (Fsp3) is 0.727. The summed E-state index contributed by atoms with van der Waals surface area (Å²) in [5, 5.41) is 23.2. The molecule has 2 atom stereocenters. The fourth-order valence-electron chi connectivity index (χ4n) is 1.60. The Bertz CT molecular complexity index is 286. The van der Waals surface area contributed by atoms with Gasteiger partial charge in [-0.1, -0.05) is 13.3 Å². The second kappa shape index (κ2) is 5.88. The van der Waals surface area contributed by atoms with E-state index < -0.39 is 12.2 Å². The van der Waals surface area contributed by atoms with Crippen LogP contribution in [-0.4, -0.2) is 32.2 Å². The molecule has 1 heterocycles. The Morgan fingerprint density at radius 3 is 2.53 bits per heavy atom. The zero-order valence-electron chi connectivity index (χ0n) is 9.43. The first-order valence-electron chi connectivity index (χ1n) is 5.47. The number of nitrogens with zero attached hydrogens (tertiary/aromatic N) is 2. The van der Waals surface area contributed by atoms with E-state index in [1.54, 1.807) is 10.9 Å². The minimum atomic E-state index is -0.620. The Kier molecular flexibility index (Phi) is 4.78. The highest BCUT2D eigenvalue weighted by atomic mass is 16.3. The molecule has 1 aromatic heterocycles. The average Bonchev–Trinajstić information content (AvgIpc) is 2.61. The summed E-state index contributed by atoms with van der Waals surface area (Å²) in [4.78, 5) is 0. The van der Waals surface area contributed by atoms with Crippen molar-refractivity contribution in [3.05, 3.63) is 18.0 Å². The third-order valence-corrected chi connectivity index (χ3v) is 2.52. The van der Waals surface area contributed by atoms with Crippen molar-refractivity contribution in [2.24, 2.45) is 7.05 Å². The van der Waals surface area contributed by atoms with Gasteiger partial charge in [-0.3, -0.25) is 4.68 Å². The van der Waals surface area contributed by atoms with Crippen molar-refractivity contribution >= 4 is 0 Å². The van der Waals surface area contributed by atoms with Crippen molar-refractivity contribution in [1.82, 2.24) is 9.78 Å². The van der Waals surface area contributed by atoms with Crippen LogP contribution in [0, 0.1) is 0 Å². The summed E-state index contributed by atoms with van der Waals surface area (Å²) in [7, 11) is 1.87. The topological polar surface area (TPSA) is 58.3 Å². The lowest BCUT2D eigenvalue weighted by atomic mass is 10.0. The highest BCUT2D eigenvalue weighted by Crippen LogP contribution is 2.09. The van der Waals surface area contributed by atoms with E-state index in [0.29, 0.717) is 12.8 Å². The van der Waals surface area contributed by atoms with Gasteiger partial charge < -0.3 is 10.2 Å². The fourth-order valence-corrected chi connectivity index (χ4v) is 1.60. The van der Waals surface area contributed by atoms with Gasteiger partial charge in [-0.15, -0.1) is 0 Å². The smallest absolute Gasteiger partial charge is 0.0802 e. The molecule has 0 aliphatic heterocycles. The molecule has 2 N–H and O–H groups in total. The molecule has 0 fully saturated rings. The number of aliphatic hydroxyl groups excluding tert-OH is 2. The van der Waals surface area contributed by atoms with Crippen LogP contribution in [0.1, 0.15) is 31.7 Å². The molecule has 1 rings (SSSR count). The molecule has 0 amide bonds. The third-order valence-electron chi connectivity index (χ3n) is 2.52. The molecule has 4 heteroatoms. The van der Waals surface area contributed by atoms with Crippen LogP contribution in [-0.2, 0) is 13.5 Å². The molecule has 0 saturated carbocycles. The van der Waals surface area contributed by atoms with Gasteiger partial charge in [0.05, 0.1) is 18.4 Å². The van der Waals surface area contributed by atoms with Crippen molar-refractivity contribution in [1.29, 1.82) is 0 Å². The summed E-state index contributed by atoms with van der Waals surface area (Å²) in [6, 6.07) is 0. The number of hydrogen-bond acceptors (Lipinski definition) is 3. The third kappa shape index (κ3) is 4.01. The van der Waals surface area contributed by atoms with Crippen LogP contribution in [0.25, 0.3) is 0 Å². The molecule has 0 radical (unpaired) electrons. The second-order valence-electron chi connectivity index (χ2n) is 3.98. The Morgan fingerprint density at radius 1 is 1.33 bits per heavy atom. The first kappa shape index (κ1) is 12.2. The molecule has 0 aromatic carbocycles. The Balaban J connectivity index is 2.30. The lowest BCUT2D eigenvalue weighted by molar-refractivity contribution is 0.00980. The van der Waals surface area contributed by atoms with Crippen molar-refractivity contribution in [2.75, 3.05) is 0 Å². The van der Waals surface area contributed by atoms with Gasteiger partial charge in [0.2, 0.25) is 0 Å². The molecular formula is C11H20N2O2. The number of rotatable bonds is 6. The van der Waals surface area contributed by atoms with Crippen molar-refractivity contribution in [3.8, 4) is 0 Å². The molecule has 0 spiro atoms. The summed E-state index contributed by atoms with van der Waals surface area (Å²) < 4.78 is 1.74. The zero-order chi connectivity index (χ0) is 11.3. The van der Waals surface area contributed by atoms with Gasteiger partial charge in [-0.25, -0.2) is 0 Å². The second-order valence-corrected chi connectivity index (χ2v) is 3.98. The number of aromatic nitrogens is 2. The minimum Gasteiger partial charge on any atom is -0.390 e. The van der Waals surface area contributed by atoms with E-state index in [9.17, 15) is 10.2 Å². The van der Waals surface area contributed by atoms with Gasteiger partial charge in [-0.05, 0) is 24.8 Å². The van der Waals surface area contributed by atoms with E-state index in [-0.39, 0.29) is 0 Å². The van der Waals surface area contributed by atoms with Gasteiger partial charge in [0.15, 0.2) is 0 Å². The van der Waals surface area contributed by atoms with Gasteiger partial charge in [0, 0.05) is 13.2 Å². The SMILES string of the molecule is CCCC(O)C(O)CCc1cnn(C)c1. The maximum atomic E-state index is 9.64. The van der Waals surface area contributed by atoms with E-state index in [2.05, 4.69) is 5.10 Å². The molecule has 86 valence electrons. The monoisotopic (exact) mass is 212 g/mol. The van der Waals surface area contributed by atoms with Crippen LogP contribution in [0.2, 0.25) is 0 Å². The van der Waals surface area contributed by atoms with E-state index in [1.165, 1.54) is 0 Å². The summed E-state index contributed by atoms with van der Waals surface area (Å²) in [5.74, 6) is 0. The minimum absolute atomic E-state index is 0.590. The van der Waals surface area contributed by atoms with Gasteiger partial charge in [0.25, 0.3) is 0 Å². The van der Waals surface area contributed by atoms with E-state index in [1.807, 2.05) is 20.2 Å². The molecule has 4 nitrogen and oxygen atoms in total. The van der Waals surface area contributed by atoms with Crippen LogP contribution in [0.5, 0.6) is 0 Å². The van der Waals surface area contributed by atoms with Gasteiger partial charge in [0.1, 0.15) is 0 Å². The van der Waals surface area contributed by atoms with Crippen LogP contribution < -0.4 is 0 Å².